The number of aryl methyl sites for hydroxylation is 2. The number of hydrogen-bond donors (Lipinski definition) is 1. The molecule has 1 N–H and O–H groups in total. The van der Waals surface area contributed by atoms with Crippen molar-refractivity contribution in [2.45, 2.75) is 26.8 Å². The van der Waals surface area contributed by atoms with Gasteiger partial charge in [-0.1, -0.05) is 0 Å². The van der Waals surface area contributed by atoms with Crippen molar-refractivity contribution in [1.29, 1.82) is 0 Å². The number of ketones is 1. The number of aromatic nitrogens is 3. The lowest BCUT2D eigenvalue weighted by Gasteiger charge is -2.04. The van der Waals surface area contributed by atoms with Crippen molar-refractivity contribution in [1.82, 2.24) is 14.5 Å². The van der Waals surface area contributed by atoms with Crippen molar-refractivity contribution < 1.29 is 4.79 Å². The van der Waals surface area contributed by atoms with Gasteiger partial charge in [0.2, 0.25) is 0 Å². The van der Waals surface area contributed by atoms with Gasteiger partial charge in [0.25, 0.3) is 5.56 Å². The number of rotatable bonds is 4. The van der Waals surface area contributed by atoms with Crippen molar-refractivity contribution in [2.24, 2.45) is 0 Å². The Morgan fingerprint density at radius 3 is 2.79 bits per heavy atom. The number of nitrogens with one attached hydrogen (secondary N) is 1. The fraction of sp³-hybridized carbons (Fsp3) is 0.333. The van der Waals surface area contributed by atoms with E-state index in [2.05, 4.69) is 9.97 Å². The van der Waals surface area contributed by atoms with E-state index in [0.29, 0.717) is 6.42 Å². The second kappa shape index (κ2) is 5.31. The van der Waals surface area contributed by atoms with E-state index in [1.54, 1.807) is 0 Å². The Kier molecular flexibility index (Phi) is 3.75. The molecule has 0 saturated heterocycles. The Morgan fingerprint density at radius 2 is 2.21 bits per heavy atom. The minimum absolute atomic E-state index is 0.00470. The lowest BCUT2D eigenvalue weighted by Crippen LogP contribution is -2.38. The van der Waals surface area contributed by atoms with E-state index in [1.807, 2.05) is 12.3 Å². The molecule has 19 heavy (non-hydrogen) atoms. The van der Waals surface area contributed by atoms with Crippen LogP contribution >= 0.6 is 11.3 Å². The summed E-state index contributed by atoms with van der Waals surface area (Å²) in [6.07, 6.45) is 1.65. The largest absolute Gasteiger partial charge is 0.328 e. The van der Waals surface area contributed by atoms with Crippen molar-refractivity contribution in [3.63, 3.8) is 0 Å². The maximum Gasteiger partial charge on any atom is 0.328 e. The lowest BCUT2D eigenvalue weighted by atomic mass is 10.2. The summed E-state index contributed by atoms with van der Waals surface area (Å²) in [4.78, 5) is 41.5. The molecule has 0 saturated carbocycles. The van der Waals surface area contributed by atoms with Gasteiger partial charge in [0.1, 0.15) is 0 Å². The maximum absolute atomic E-state index is 12.0. The van der Waals surface area contributed by atoms with Crippen LogP contribution in [0.1, 0.15) is 28.0 Å². The molecule has 0 bridgehead atoms. The van der Waals surface area contributed by atoms with E-state index >= 15 is 0 Å². The van der Waals surface area contributed by atoms with Crippen LogP contribution in [0.4, 0.5) is 0 Å². The average molecular weight is 279 g/mol. The monoisotopic (exact) mass is 279 g/mol. The molecule has 0 spiro atoms. The number of hydrogen-bond acceptors (Lipinski definition) is 5. The first-order valence-electron chi connectivity index (χ1n) is 5.73. The van der Waals surface area contributed by atoms with Gasteiger partial charge in [0.15, 0.2) is 5.78 Å². The summed E-state index contributed by atoms with van der Waals surface area (Å²) in [6, 6.07) is 0. The first kappa shape index (κ1) is 13.4. The lowest BCUT2D eigenvalue weighted by molar-refractivity contribution is 0.101. The molecule has 2 heterocycles. The third-order valence-electron chi connectivity index (χ3n) is 2.66. The number of nitrogens with zero attached hydrogens (tertiary/aromatic N) is 2. The van der Waals surface area contributed by atoms with Crippen LogP contribution in [0.5, 0.6) is 0 Å². The van der Waals surface area contributed by atoms with Crippen molar-refractivity contribution in [2.75, 3.05) is 0 Å². The second-order valence-electron chi connectivity index (χ2n) is 4.15. The number of H-pyrrole nitrogens is 1. The van der Waals surface area contributed by atoms with Crippen LogP contribution in [0.25, 0.3) is 0 Å². The molecule has 6 nitrogen and oxygen atoms in total. The Bertz CT molecular complexity index is 726. The van der Waals surface area contributed by atoms with Crippen molar-refractivity contribution in [3.05, 3.63) is 48.7 Å². The third-order valence-corrected chi connectivity index (χ3v) is 3.68. The highest BCUT2D eigenvalue weighted by atomic mass is 32.1. The summed E-state index contributed by atoms with van der Waals surface area (Å²) in [5.41, 5.74) is -0.151. The molecule has 2 aromatic heterocycles. The Balaban J connectivity index is 2.30. The predicted octanol–water partition coefficient (Wildman–Crippen LogP) is 0.747. The van der Waals surface area contributed by atoms with Gasteiger partial charge in [-0.3, -0.25) is 14.2 Å². The summed E-state index contributed by atoms with van der Waals surface area (Å²) in [7, 11) is 0. The fourth-order valence-electron chi connectivity index (χ4n) is 1.69. The van der Waals surface area contributed by atoms with Gasteiger partial charge in [-0.15, -0.1) is 11.3 Å². The summed E-state index contributed by atoms with van der Waals surface area (Å²) in [5, 5.41) is 2.77. The number of carbonyl (C=O) groups excluding carboxylic acids is 1. The maximum atomic E-state index is 12.0. The Morgan fingerprint density at radius 1 is 1.47 bits per heavy atom. The molecule has 7 heteroatoms. The van der Waals surface area contributed by atoms with Gasteiger partial charge in [-0.25, -0.2) is 9.78 Å². The molecular weight excluding hydrogens is 266 g/mol. The van der Waals surface area contributed by atoms with E-state index in [-0.39, 0.29) is 17.9 Å². The summed E-state index contributed by atoms with van der Waals surface area (Å²) in [6.45, 7) is 3.39. The first-order valence-corrected chi connectivity index (χ1v) is 6.61. The first-order chi connectivity index (χ1) is 8.99. The molecule has 2 rings (SSSR count). The van der Waals surface area contributed by atoms with E-state index in [4.69, 9.17) is 0 Å². The zero-order chi connectivity index (χ0) is 14.0. The molecule has 0 aliphatic heterocycles. The van der Waals surface area contributed by atoms with Gasteiger partial charge in [-0.05, 0) is 13.8 Å². The van der Waals surface area contributed by atoms with Crippen molar-refractivity contribution in [3.8, 4) is 0 Å². The Labute approximate surface area is 112 Å². The fourth-order valence-corrected chi connectivity index (χ4v) is 2.46. The van der Waals surface area contributed by atoms with Gasteiger partial charge >= 0.3 is 5.69 Å². The minimum atomic E-state index is -0.551. The quantitative estimate of drug-likeness (QED) is 0.837. The van der Waals surface area contributed by atoms with Gasteiger partial charge in [0.05, 0.1) is 10.6 Å². The standard InChI is InChI=1S/C12H13N3O3S/c1-7-6-19-10(14-7)3-4-15-11(17)9(8(2)16)5-13-12(15)18/h5-6H,3-4H2,1-2H3,(H,13,18). The highest BCUT2D eigenvalue weighted by Gasteiger charge is 2.11. The van der Waals surface area contributed by atoms with E-state index < -0.39 is 11.2 Å². The number of Topliss-reactive ketones (excluding diaryl/α,β-unsaturated/α-hetero) is 1. The van der Waals surface area contributed by atoms with E-state index in [9.17, 15) is 14.4 Å². The van der Waals surface area contributed by atoms with E-state index in [1.165, 1.54) is 18.3 Å². The van der Waals surface area contributed by atoms with Gasteiger partial charge in [-0.2, -0.15) is 0 Å². The SMILES string of the molecule is CC(=O)c1c[nH]c(=O)n(CCc2nc(C)cs2)c1=O. The number of aromatic amines is 1. The summed E-state index contributed by atoms with van der Waals surface area (Å²) in [5.74, 6) is -0.361. The zero-order valence-electron chi connectivity index (χ0n) is 10.6. The molecule has 0 unspecified atom stereocenters. The molecule has 0 aliphatic carbocycles. The Hall–Kier alpha value is -2.02. The minimum Gasteiger partial charge on any atom is -0.313 e. The zero-order valence-corrected chi connectivity index (χ0v) is 11.4. The molecule has 0 fully saturated rings. The van der Waals surface area contributed by atoms with Gasteiger partial charge in [0, 0.05) is 30.2 Å². The molecule has 100 valence electrons. The molecule has 0 aliphatic rings. The normalized spacial score (nSPS) is 10.6. The highest BCUT2D eigenvalue weighted by molar-refractivity contribution is 7.09. The van der Waals surface area contributed by atoms with E-state index in [0.717, 1.165) is 21.5 Å². The van der Waals surface area contributed by atoms with Crippen molar-refractivity contribution >= 4 is 17.1 Å². The predicted molar refractivity (Wildman–Crippen MR) is 71.9 cm³/mol. The molecule has 0 aromatic carbocycles. The topological polar surface area (TPSA) is 84.8 Å². The molecule has 0 amide bonds. The van der Waals surface area contributed by atoms with Crippen LogP contribution in [0.15, 0.2) is 21.2 Å². The van der Waals surface area contributed by atoms with Gasteiger partial charge < -0.3 is 4.98 Å². The summed E-state index contributed by atoms with van der Waals surface area (Å²) >= 11 is 1.49. The average Bonchev–Trinajstić information content (AvgIpc) is 2.74. The summed E-state index contributed by atoms with van der Waals surface area (Å²) < 4.78 is 1.04. The molecule has 0 atom stereocenters. The number of carbonyl (C=O) groups is 1. The van der Waals surface area contributed by atoms with Crippen LogP contribution in [0.2, 0.25) is 0 Å². The molecule has 0 radical (unpaired) electrons. The third kappa shape index (κ3) is 2.87. The van der Waals surface area contributed by atoms with Crippen LogP contribution in [0, 0.1) is 6.92 Å². The van der Waals surface area contributed by atoms with Crippen LogP contribution in [0.3, 0.4) is 0 Å². The number of thiazole rings is 1. The van der Waals surface area contributed by atoms with Crippen LogP contribution < -0.4 is 11.2 Å². The van der Waals surface area contributed by atoms with Crippen LogP contribution in [-0.2, 0) is 13.0 Å². The molecule has 2 aromatic rings. The van der Waals surface area contributed by atoms with Crippen LogP contribution in [-0.4, -0.2) is 20.3 Å². The smallest absolute Gasteiger partial charge is 0.313 e. The molecular formula is C12H13N3O3S. The highest BCUT2D eigenvalue weighted by Crippen LogP contribution is 2.09. The second-order valence-corrected chi connectivity index (χ2v) is 5.10.